The van der Waals surface area contributed by atoms with E-state index in [4.69, 9.17) is 4.74 Å². The zero-order valence-electron chi connectivity index (χ0n) is 12.1. The molecule has 0 aromatic heterocycles. The van der Waals surface area contributed by atoms with Crippen LogP contribution in [0.25, 0.3) is 0 Å². The number of fused-ring (bicyclic) bond motifs is 1. The second-order valence-corrected chi connectivity index (χ2v) is 7.41. The van der Waals surface area contributed by atoms with Crippen LogP contribution in [0.1, 0.15) is 46.5 Å². The Balaban J connectivity index is 2.11. The standard InChI is InChI=1S/C15H26O4/c1-9-11(17)5-7-13(2)6-4-10-12(18)15(9,13)19-14(10,3)8-16/h9-12,16-18H,4-8H2,1-3H3/t9-,10-,11-,12-,13-,14+,15-/m0/s1. The smallest absolute Gasteiger partial charge is 0.106 e. The van der Waals surface area contributed by atoms with E-state index in [1.54, 1.807) is 0 Å². The van der Waals surface area contributed by atoms with Crippen molar-refractivity contribution < 1.29 is 20.1 Å². The lowest BCUT2D eigenvalue weighted by Gasteiger charge is -2.58. The van der Waals surface area contributed by atoms with Gasteiger partial charge in [0.05, 0.1) is 24.4 Å². The third kappa shape index (κ3) is 1.44. The number of ether oxygens (including phenoxy) is 1. The lowest BCUT2D eigenvalue weighted by atomic mass is 9.51. The summed E-state index contributed by atoms with van der Waals surface area (Å²) < 4.78 is 6.35. The van der Waals surface area contributed by atoms with Crippen LogP contribution in [0.15, 0.2) is 0 Å². The van der Waals surface area contributed by atoms with Crippen LogP contribution < -0.4 is 0 Å². The number of rotatable bonds is 1. The van der Waals surface area contributed by atoms with Gasteiger partial charge in [-0.25, -0.2) is 0 Å². The quantitative estimate of drug-likeness (QED) is 0.667. The highest BCUT2D eigenvalue weighted by atomic mass is 16.6. The van der Waals surface area contributed by atoms with E-state index in [2.05, 4.69) is 6.92 Å². The Morgan fingerprint density at radius 1 is 1.16 bits per heavy atom. The summed E-state index contributed by atoms with van der Waals surface area (Å²) in [6, 6.07) is 0. The van der Waals surface area contributed by atoms with Gasteiger partial charge in [0, 0.05) is 11.8 Å². The van der Waals surface area contributed by atoms with Crippen molar-refractivity contribution in [2.24, 2.45) is 17.3 Å². The predicted molar refractivity (Wildman–Crippen MR) is 70.5 cm³/mol. The first kappa shape index (κ1) is 13.8. The van der Waals surface area contributed by atoms with Gasteiger partial charge in [-0.2, -0.15) is 0 Å². The summed E-state index contributed by atoms with van der Waals surface area (Å²) in [6.45, 7) is 5.99. The van der Waals surface area contributed by atoms with Crippen LogP contribution in [0.2, 0.25) is 0 Å². The number of hydrogen-bond acceptors (Lipinski definition) is 4. The molecule has 1 heterocycles. The van der Waals surface area contributed by atoms with E-state index in [1.807, 2.05) is 13.8 Å². The Morgan fingerprint density at radius 2 is 1.79 bits per heavy atom. The first-order valence-corrected chi connectivity index (χ1v) is 7.48. The molecule has 4 nitrogen and oxygen atoms in total. The minimum atomic E-state index is -0.703. The van der Waals surface area contributed by atoms with Crippen molar-refractivity contribution in [3.8, 4) is 0 Å². The molecule has 4 heteroatoms. The molecule has 19 heavy (non-hydrogen) atoms. The fraction of sp³-hybridized carbons (Fsp3) is 1.00. The van der Waals surface area contributed by atoms with Gasteiger partial charge in [0.25, 0.3) is 0 Å². The topological polar surface area (TPSA) is 69.9 Å². The van der Waals surface area contributed by atoms with E-state index < -0.39 is 23.4 Å². The molecular formula is C15H26O4. The number of aliphatic hydroxyl groups excluding tert-OH is 3. The minimum absolute atomic E-state index is 0.0293. The number of hydrogen-bond donors (Lipinski definition) is 3. The summed E-state index contributed by atoms with van der Waals surface area (Å²) in [6.07, 6.45) is 2.52. The zero-order chi connectivity index (χ0) is 14.1. The Bertz CT molecular complexity index is 386. The summed E-state index contributed by atoms with van der Waals surface area (Å²) >= 11 is 0. The van der Waals surface area contributed by atoms with Crippen LogP contribution in [-0.2, 0) is 4.74 Å². The molecule has 7 atom stereocenters. The summed E-state index contributed by atoms with van der Waals surface area (Å²) in [5.41, 5.74) is -1.48. The largest absolute Gasteiger partial charge is 0.393 e. The van der Waals surface area contributed by atoms with E-state index in [1.165, 1.54) is 0 Å². The van der Waals surface area contributed by atoms with E-state index in [9.17, 15) is 15.3 Å². The molecule has 1 saturated heterocycles. The SMILES string of the molecule is C[C@H]1[C@@H](O)CC[C@]2(C)CC[C@H]3[C@H](O)[C@@]12O[C@]3(C)CO. The molecule has 0 amide bonds. The fourth-order valence-corrected chi connectivity index (χ4v) is 5.15. The Labute approximate surface area is 114 Å². The molecule has 110 valence electrons. The molecule has 3 rings (SSSR count). The van der Waals surface area contributed by atoms with Crippen molar-refractivity contribution >= 4 is 0 Å². The van der Waals surface area contributed by atoms with Gasteiger partial charge in [-0.15, -0.1) is 0 Å². The average molecular weight is 270 g/mol. The maximum Gasteiger partial charge on any atom is 0.106 e. The Morgan fingerprint density at radius 3 is 2.42 bits per heavy atom. The number of aliphatic hydroxyl groups is 3. The summed E-state index contributed by atoms with van der Waals surface area (Å²) in [5, 5.41) is 30.8. The highest BCUT2D eigenvalue weighted by Gasteiger charge is 2.72. The highest BCUT2D eigenvalue weighted by molar-refractivity contribution is 5.21. The van der Waals surface area contributed by atoms with Crippen molar-refractivity contribution in [2.75, 3.05) is 6.61 Å². The minimum Gasteiger partial charge on any atom is -0.393 e. The first-order chi connectivity index (χ1) is 8.81. The van der Waals surface area contributed by atoms with Crippen molar-refractivity contribution in [3.63, 3.8) is 0 Å². The fourth-order valence-electron chi connectivity index (χ4n) is 5.15. The molecule has 0 aromatic carbocycles. The van der Waals surface area contributed by atoms with Gasteiger partial charge in [-0.05, 0) is 38.0 Å². The van der Waals surface area contributed by atoms with Gasteiger partial charge in [-0.1, -0.05) is 13.8 Å². The van der Waals surface area contributed by atoms with Crippen molar-refractivity contribution in [1.82, 2.24) is 0 Å². The van der Waals surface area contributed by atoms with Gasteiger partial charge in [0.15, 0.2) is 0 Å². The third-order valence-corrected chi connectivity index (χ3v) is 6.52. The van der Waals surface area contributed by atoms with Crippen LogP contribution in [0.5, 0.6) is 0 Å². The molecule has 3 N–H and O–H groups in total. The molecule has 2 bridgehead atoms. The second-order valence-electron chi connectivity index (χ2n) is 7.41. The van der Waals surface area contributed by atoms with Crippen LogP contribution in [0.4, 0.5) is 0 Å². The molecular weight excluding hydrogens is 244 g/mol. The molecule has 1 spiro atoms. The monoisotopic (exact) mass is 270 g/mol. The zero-order valence-corrected chi connectivity index (χ0v) is 12.1. The molecule has 0 unspecified atom stereocenters. The van der Waals surface area contributed by atoms with Crippen LogP contribution in [-0.4, -0.2) is 45.3 Å². The normalized spacial score (nSPS) is 60.9. The molecule has 2 aliphatic carbocycles. The first-order valence-electron chi connectivity index (χ1n) is 7.48. The van der Waals surface area contributed by atoms with Crippen LogP contribution in [0, 0.1) is 17.3 Å². The summed E-state index contributed by atoms with van der Waals surface area (Å²) in [7, 11) is 0. The van der Waals surface area contributed by atoms with Gasteiger partial charge in [0.2, 0.25) is 0 Å². The van der Waals surface area contributed by atoms with Crippen LogP contribution in [0.3, 0.4) is 0 Å². The Kier molecular flexibility index (Phi) is 2.86. The van der Waals surface area contributed by atoms with Crippen LogP contribution >= 0.6 is 0 Å². The average Bonchev–Trinajstić information content (AvgIpc) is 2.54. The lowest BCUT2D eigenvalue weighted by Crippen LogP contribution is -2.65. The van der Waals surface area contributed by atoms with E-state index in [-0.39, 0.29) is 23.9 Å². The predicted octanol–water partition coefficient (Wildman–Crippen LogP) is 1.07. The van der Waals surface area contributed by atoms with Crippen molar-refractivity contribution in [2.45, 2.75) is 69.9 Å². The summed E-state index contributed by atoms with van der Waals surface area (Å²) in [4.78, 5) is 0. The van der Waals surface area contributed by atoms with Gasteiger partial charge >= 0.3 is 0 Å². The lowest BCUT2D eigenvalue weighted by molar-refractivity contribution is -0.251. The van der Waals surface area contributed by atoms with Gasteiger partial charge < -0.3 is 20.1 Å². The van der Waals surface area contributed by atoms with E-state index >= 15 is 0 Å². The molecule has 0 aromatic rings. The van der Waals surface area contributed by atoms with Gasteiger partial charge in [0.1, 0.15) is 5.60 Å². The maximum atomic E-state index is 10.9. The second kappa shape index (κ2) is 3.94. The maximum absolute atomic E-state index is 10.9. The molecule has 3 fully saturated rings. The Hall–Kier alpha value is -0.160. The molecule has 0 radical (unpaired) electrons. The van der Waals surface area contributed by atoms with Crippen molar-refractivity contribution in [1.29, 1.82) is 0 Å². The van der Waals surface area contributed by atoms with Crippen molar-refractivity contribution in [3.05, 3.63) is 0 Å². The molecule has 3 aliphatic rings. The summed E-state index contributed by atoms with van der Waals surface area (Å²) in [5.74, 6) is -0.129. The van der Waals surface area contributed by atoms with E-state index in [0.717, 1.165) is 25.7 Å². The molecule has 2 saturated carbocycles. The highest BCUT2D eigenvalue weighted by Crippen LogP contribution is 2.65. The van der Waals surface area contributed by atoms with E-state index in [0.29, 0.717) is 0 Å². The van der Waals surface area contributed by atoms with Gasteiger partial charge in [-0.3, -0.25) is 0 Å². The third-order valence-electron chi connectivity index (χ3n) is 6.52. The molecule has 1 aliphatic heterocycles.